The van der Waals surface area contributed by atoms with Crippen molar-refractivity contribution in [2.24, 2.45) is 11.8 Å². The fraction of sp³-hybridized carbons (Fsp3) is 0.938. The molecule has 2 N–H and O–H groups in total. The fourth-order valence-electron chi connectivity index (χ4n) is 2.65. The van der Waals surface area contributed by atoms with Gasteiger partial charge in [0.15, 0.2) is 0 Å². The second-order valence-electron chi connectivity index (χ2n) is 5.96. The normalized spacial score (nSPS) is 19.6. The van der Waals surface area contributed by atoms with Crippen molar-refractivity contribution in [3.8, 4) is 0 Å². The Hall–Kier alpha value is -0.320. The highest BCUT2D eigenvalue weighted by Crippen LogP contribution is 2.22. The summed E-state index contributed by atoms with van der Waals surface area (Å²) in [4.78, 5) is 11.9. The summed E-state index contributed by atoms with van der Waals surface area (Å²) in [6.07, 6.45) is 6.36. The second-order valence-corrected chi connectivity index (χ2v) is 5.96. The number of halogens is 1. The number of hydrogen-bond donors (Lipinski definition) is 2. The quantitative estimate of drug-likeness (QED) is 0.609. The average molecular weight is 321 g/mol. The highest BCUT2D eigenvalue weighted by atomic mass is 35.5. The van der Waals surface area contributed by atoms with Gasteiger partial charge in [-0.2, -0.15) is 0 Å². The summed E-state index contributed by atoms with van der Waals surface area (Å²) < 4.78 is 5.47. The van der Waals surface area contributed by atoms with Gasteiger partial charge in [0.1, 0.15) is 0 Å². The van der Waals surface area contributed by atoms with Gasteiger partial charge < -0.3 is 15.4 Å². The summed E-state index contributed by atoms with van der Waals surface area (Å²) in [5, 5.41) is 6.42. The van der Waals surface area contributed by atoms with Crippen molar-refractivity contribution >= 4 is 18.3 Å². The van der Waals surface area contributed by atoms with E-state index in [-0.39, 0.29) is 18.3 Å². The van der Waals surface area contributed by atoms with Gasteiger partial charge in [0.25, 0.3) is 0 Å². The molecule has 5 heteroatoms. The Kier molecular flexibility index (Phi) is 13.1. The van der Waals surface area contributed by atoms with Gasteiger partial charge in [-0.1, -0.05) is 20.3 Å². The van der Waals surface area contributed by atoms with Crippen LogP contribution in [0, 0.1) is 11.8 Å². The third-order valence-electron chi connectivity index (χ3n) is 4.08. The molecule has 2 atom stereocenters. The molecule has 4 nitrogen and oxygen atoms in total. The number of amides is 1. The smallest absolute Gasteiger partial charge is 0.220 e. The van der Waals surface area contributed by atoms with Crippen LogP contribution < -0.4 is 10.6 Å². The zero-order chi connectivity index (χ0) is 14.6. The minimum absolute atomic E-state index is 0. The van der Waals surface area contributed by atoms with E-state index in [0.717, 1.165) is 45.7 Å². The minimum Gasteiger partial charge on any atom is -0.381 e. The van der Waals surface area contributed by atoms with Crippen LogP contribution in [0.3, 0.4) is 0 Å². The van der Waals surface area contributed by atoms with Crippen molar-refractivity contribution in [1.29, 1.82) is 0 Å². The van der Waals surface area contributed by atoms with E-state index < -0.39 is 0 Å². The Morgan fingerprint density at radius 1 is 1.38 bits per heavy atom. The van der Waals surface area contributed by atoms with Crippen molar-refractivity contribution in [2.75, 3.05) is 32.8 Å². The molecule has 1 aliphatic heterocycles. The monoisotopic (exact) mass is 320 g/mol. The van der Waals surface area contributed by atoms with Crippen molar-refractivity contribution in [1.82, 2.24) is 10.6 Å². The third kappa shape index (κ3) is 10.1. The number of rotatable bonds is 10. The second kappa shape index (κ2) is 13.4. The van der Waals surface area contributed by atoms with Gasteiger partial charge >= 0.3 is 0 Å². The zero-order valence-electron chi connectivity index (χ0n) is 13.7. The number of carbonyl (C=O) groups is 1. The first-order chi connectivity index (χ1) is 9.74. The first-order valence-electron chi connectivity index (χ1n) is 8.29. The summed E-state index contributed by atoms with van der Waals surface area (Å²) in [5.41, 5.74) is 0. The van der Waals surface area contributed by atoms with Gasteiger partial charge in [-0.15, -0.1) is 12.4 Å². The van der Waals surface area contributed by atoms with Gasteiger partial charge in [0.05, 0.1) is 0 Å². The van der Waals surface area contributed by atoms with Crippen molar-refractivity contribution in [3.63, 3.8) is 0 Å². The lowest BCUT2D eigenvalue weighted by molar-refractivity contribution is -0.122. The topological polar surface area (TPSA) is 50.4 Å². The van der Waals surface area contributed by atoms with Gasteiger partial charge in [0, 0.05) is 26.2 Å². The van der Waals surface area contributed by atoms with E-state index in [1.54, 1.807) is 0 Å². The summed E-state index contributed by atoms with van der Waals surface area (Å²) in [7, 11) is 0. The number of nitrogens with one attached hydrogen (secondary N) is 2. The number of ether oxygens (including phenoxy) is 1. The van der Waals surface area contributed by atoms with Crippen LogP contribution in [0.2, 0.25) is 0 Å². The van der Waals surface area contributed by atoms with E-state index in [9.17, 15) is 4.79 Å². The number of carbonyl (C=O) groups excluding carboxylic acids is 1. The number of hydrogen-bond acceptors (Lipinski definition) is 3. The first-order valence-corrected chi connectivity index (χ1v) is 8.29. The van der Waals surface area contributed by atoms with E-state index >= 15 is 0 Å². The average Bonchev–Trinajstić information content (AvgIpc) is 2.47. The molecule has 0 aliphatic carbocycles. The lowest BCUT2D eigenvalue weighted by Gasteiger charge is -2.28. The van der Waals surface area contributed by atoms with Crippen LogP contribution in [-0.2, 0) is 9.53 Å². The first kappa shape index (κ1) is 20.7. The molecule has 0 bridgehead atoms. The van der Waals surface area contributed by atoms with Crippen molar-refractivity contribution in [3.05, 3.63) is 0 Å². The standard InChI is InChI=1S/C16H32N2O2.ClH/c1-3-4-10-20-11-6-9-18-16(19)12-14(2)15-7-5-8-17-13-15;/h14-15,17H,3-13H2,1-2H3,(H,18,19);1H. The summed E-state index contributed by atoms with van der Waals surface area (Å²) in [6, 6.07) is 0. The highest BCUT2D eigenvalue weighted by molar-refractivity contribution is 5.85. The molecule has 0 spiro atoms. The van der Waals surface area contributed by atoms with Gasteiger partial charge in [-0.3, -0.25) is 4.79 Å². The Morgan fingerprint density at radius 2 is 2.14 bits per heavy atom. The maximum Gasteiger partial charge on any atom is 0.220 e. The van der Waals surface area contributed by atoms with Crippen LogP contribution in [-0.4, -0.2) is 38.8 Å². The van der Waals surface area contributed by atoms with E-state index in [1.165, 1.54) is 19.3 Å². The maximum absolute atomic E-state index is 11.9. The Balaban J connectivity index is 0.00000400. The van der Waals surface area contributed by atoms with Crippen LogP contribution >= 0.6 is 12.4 Å². The Morgan fingerprint density at radius 3 is 2.81 bits per heavy atom. The van der Waals surface area contributed by atoms with E-state index in [0.29, 0.717) is 18.3 Å². The molecule has 21 heavy (non-hydrogen) atoms. The SMILES string of the molecule is CCCCOCCCNC(=O)CC(C)C1CCCNC1.Cl. The van der Waals surface area contributed by atoms with Crippen LogP contribution in [0.25, 0.3) is 0 Å². The van der Waals surface area contributed by atoms with Crippen LogP contribution in [0.4, 0.5) is 0 Å². The van der Waals surface area contributed by atoms with E-state index in [4.69, 9.17) is 4.74 Å². The largest absolute Gasteiger partial charge is 0.381 e. The van der Waals surface area contributed by atoms with Crippen LogP contribution in [0.1, 0.15) is 52.4 Å². The molecule has 2 unspecified atom stereocenters. The molecule has 1 heterocycles. The molecule has 0 aromatic heterocycles. The molecule has 126 valence electrons. The van der Waals surface area contributed by atoms with Crippen molar-refractivity contribution < 1.29 is 9.53 Å². The molecule has 1 saturated heterocycles. The zero-order valence-corrected chi connectivity index (χ0v) is 14.5. The fourth-order valence-corrected chi connectivity index (χ4v) is 2.65. The molecule has 1 rings (SSSR count). The number of unbranched alkanes of at least 4 members (excludes halogenated alkanes) is 1. The molecular formula is C16H33ClN2O2. The maximum atomic E-state index is 11.9. The van der Waals surface area contributed by atoms with Crippen LogP contribution in [0.15, 0.2) is 0 Å². The van der Waals surface area contributed by atoms with Gasteiger partial charge in [0.2, 0.25) is 5.91 Å². The van der Waals surface area contributed by atoms with E-state index in [2.05, 4.69) is 24.5 Å². The predicted octanol–water partition coefficient (Wildman–Crippen LogP) is 2.76. The minimum atomic E-state index is 0. The molecule has 0 saturated carbocycles. The van der Waals surface area contributed by atoms with Crippen molar-refractivity contribution in [2.45, 2.75) is 52.4 Å². The van der Waals surface area contributed by atoms with Gasteiger partial charge in [-0.25, -0.2) is 0 Å². The van der Waals surface area contributed by atoms with Crippen LogP contribution in [0.5, 0.6) is 0 Å². The van der Waals surface area contributed by atoms with E-state index in [1.807, 2.05) is 0 Å². The lowest BCUT2D eigenvalue weighted by Crippen LogP contribution is -2.35. The Labute approximate surface area is 136 Å². The molecule has 0 aromatic rings. The highest BCUT2D eigenvalue weighted by Gasteiger charge is 2.21. The Bertz CT molecular complexity index is 259. The summed E-state index contributed by atoms with van der Waals surface area (Å²) >= 11 is 0. The number of piperidine rings is 1. The molecule has 1 fully saturated rings. The molecule has 1 aliphatic rings. The molecule has 0 radical (unpaired) electrons. The molecule has 0 aromatic carbocycles. The van der Waals surface area contributed by atoms with Gasteiger partial charge in [-0.05, 0) is 50.6 Å². The summed E-state index contributed by atoms with van der Waals surface area (Å²) in [6.45, 7) is 8.89. The molecular weight excluding hydrogens is 288 g/mol. The molecule has 1 amide bonds. The third-order valence-corrected chi connectivity index (χ3v) is 4.08. The lowest BCUT2D eigenvalue weighted by atomic mass is 9.85. The summed E-state index contributed by atoms with van der Waals surface area (Å²) in [5.74, 6) is 1.33. The predicted molar refractivity (Wildman–Crippen MR) is 90.0 cm³/mol.